The van der Waals surface area contributed by atoms with Crippen LogP contribution in [-0.2, 0) is 0 Å². The number of methoxy groups -OCH3 is 2. The SMILES string of the molecule is COc1cc(C#Cc2ccc3ccc(C#Cc4ccccc4)cc3c2)cc(OC)c1. The van der Waals surface area contributed by atoms with Crippen molar-refractivity contribution in [3.05, 3.63) is 107 Å². The van der Waals surface area contributed by atoms with Gasteiger partial charge in [-0.1, -0.05) is 54.0 Å². The van der Waals surface area contributed by atoms with Crippen LogP contribution in [-0.4, -0.2) is 14.2 Å². The van der Waals surface area contributed by atoms with E-state index in [0.717, 1.165) is 44.5 Å². The molecule has 4 aromatic carbocycles. The first-order valence-corrected chi connectivity index (χ1v) is 9.59. The monoisotopic (exact) mass is 388 g/mol. The van der Waals surface area contributed by atoms with E-state index >= 15 is 0 Å². The first-order chi connectivity index (χ1) is 14.7. The molecule has 0 fully saturated rings. The molecule has 30 heavy (non-hydrogen) atoms. The highest BCUT2D eigenvalue weighted by molar-refractivity contribution is 5.85. The van der Waals surface area contributed by atoms with Gasteiger partial charge in [-0.3, -0.25) is 0 Å². The maximum Gasteiger partial charge on any atom is 0.123 e. The number of fused-ring (bicyclic) bond motifs is 1. The second-order valence-electron chi connectivity index (χ2n) is 6.74. The zero-order valence-electron chi connectivity index (χ0n) is 16.9. The molecule has 0 heterocycles. The van der Waals surface area contributed by atoms with Gasteiger partial charge in [0.25, 0.3) is 0 Å². The van der Waals surface area contributed by atoms with Crippen LogP contribution in [0.5, 0.6) is 11.5 Å². The second kappa shape index (κ2) is 8.91. The van der Waals surface area contributed by atoms with Crippen LogP contribution in [0, 0.1) is 23.7 Å². The van der Waals surface area contributed by atoms with Crippen LogP contribution in [0.15, 0.2) is 84.9 Å². The van der Waals surface area contributed by atoms with Gasteiger partial charge in [0.15, 0.2) is 0 Å². The minimum absolute atomic E-state index is 0.721. The third-order valence-corrected chi connectivity index (χ3v) is 4.67. The molecule has 144 valence electrons. The first kappa shape index (κ1) is 19.2. The summed E-state index contributed by atoms with van der Waals surface area (Å²) in [5, 5.41) is 2.28. The van der Waals surface area contributed by atoms with Gasteiger partial charge in [0.05, 0.1) is 14.2 Å². The average Bonchev–Trinajstić information content (AvgIpc) is 2.81. The van der Waals surface area contributed by atoms with E-state index in [-0.39, 0.29) is 0 Å². The van der Waals surface area contributed by atoms with E-state index in [2.05, 4.69) is 47.9 Å². The third kappa shape index (κ3) is 4.64. The number of rotatable bonds is 2. The summed E-state index contributed by atoms with van der Waals surface area (Å²) < 4.78 is 10.6. The number of hydrogen-bond donors (Lipinski definition) is 0. The number of hydrogen-bond acceptors (Lipinski definition) is 2. The topological polar surface area (TPSA) is 18.5 Å². The van der Waals surface area contributed by atoms with Gasteiger partial charge in [-0.2, -0.15) is 0 Å². The molecule has 0 aliphatic carbocycles. The largest absolute Gasteiger partial charge is 0.497 e. The summed E-state index contributed by atoms with van der Waals surface area (Å²) >= 11 is 0. The van der Waals surface area contributed by atoms with E-state index in [0.29, 0.717) is 0 Å². The van der Waals surface area contributed by atoms with E-state index in [1.54, 1.807) is 14.2 Å². The molecule has 0 unspecified atom stereocenters. The predicted octanol–water partition coefficient (Wildman–Crippen LogP) is 5.66. The molecular formula is C28H20O2. The molecular weight excluding hydrogens is 368 g/mol. The Kier molecular flexibility index (Phi) is 5.70. The molecule has 0 N–H and O–H groups in total. The lowest BCUT2D eigenvalue weighted by atomic mass is 10.0. The molecule has 2 heteroatoms. The Morgan fingerprint density at radius 3 is 1.57 bits per heavy atom. The maximum absolute atomic E-state index is 5.31. The predicted molar refractivity (Wildman–Crippen MR) is 122 cm³/mol. The lowest BCUT2D eigenvalue weighted by Gasteiger charge is -2.04. The van der Waals surface area contributed by atoms with E-state index in [9.17, 15) is 0 Å². The summed E-state index contributed by atoms with van der Waals surface area (Å²) in [5.74, 6) is 14.3. The molecule has 0 aromatic heterocycles. The van der Waals surface area contributed by atoms with E-state index in [4.69, 9.17) is 9.47 Å². The van der Waals surface area contributed by atoms with Gasteiger partial charge in [0.2, 0.25) is 0 Å². The van der Waals surface area contributed by atoms with Gasteiger partial charge in [0.1, 0.15) is 11.5 Å². The molecule has 2 nitrogen and oxygen atoms in total. The summed E-state index contributed by atoms with van der Waals surface area (Å²) in [7, 11) is 3.27. The van der Waals surface area contributed by atoms with Crippen molar-refractivity contribution in [2.45, 2.75) is 0 Å². The molecule has 0 spiro atoms. The first-order valence-electron chi connectivity index (χ1n) is 9.59. The van der Waals surface area contributed by atoms with Crippen molar-refractivity contribution >= 4 is 10.8 Å². The number of ether oxygens (including phenoxy) is 2. The Balaban J connectivity index is 1.64. The Morgan fingerprint density at radius 2 is 1.00 bits per heavy atom. The molecule has 0 radical (unpaired) electrons. The van der Waals surface area contributed by atoms with E-state index in [1.807, 2.05) is 60.7 Å². The van der Waals surface area contributed by atoms with Gasteiger partial charge in [-0.05, 0) is 59.3 Å². The van der Waals surface area contributed by atoms with Gasteiger partial charge < -0.3 is 9.47 Å². The van der Waals surface area contributed by atoms with Crippen LogP contribution < -0.4 is 9.47 Å². The second-order valence-corrected chi connectivity index (χ2v) is 6.74. The van der Waals surface area contributed by atoms with Crippen molar-refractivity contribution in [3.8, 4) is 35.2 Å². The van der Waals surface area contributed by atoms with E-state index in [1.165, 1.54) is 0 Å². The molecule has 0 atom stereocenters. The quantitative estimate of drug-likeness (QED) is 0.413. The third-order valence-electron chi connectivity index (χ3n) is 4.67. The molecule has 0 bridgehead atoms. The van der Waals surface area contributed by atoms with Crippen molar-refractivity contribution in [2.24, 2.45) is 0 Å². The van der Waals surface area contributed by atoms with Crippen LogP contribution in [0.4, 0.5) is 0 Å². The molecule has 4 rings (SSSR count). The fourth-order valence-electron chi connectivity index (χ4n) is 3.09. The zero-order chi connectivity index (χ0) is 20.8. The molecule has 0 amide bonds. The highest BCUT2D eigenvalue weighted by atomic mass is 16.5. The van der Waals surface area contributed by atoms with Crippen LogP contribution in [0.25, 0.3) is 10.8 Å². The normalized spacial score (nSPS) is 9.80. The van der Waals surface area contributed by atoms with Crippen molar-refractivity contribution < 1.29 is 9.47 Å². The van der Waals surface area contributed by atoms with Gasteiger partial charge in [0, 0.05) is 28.3 Å². The zero-order valence-corrected chi connectivity index (χ0v) is 16.9. The molecule has 4 aromatic rings. The fourth-order valence-corrected chi connectivity index (χ4v) is 3.09. The van der Waals surface area contributed by atoms with Gasteiger partial charge >= 0.3 is 0 Å². The minimum Gasteiger partial charge on any atom is -0.497 e. The van der Waals surface area contributed by atoms with Crippen LogP contribution in [0.2, 0.25) is 0 Å². The number of benzene rings is 4. The van der Waals surface area contributed by atoms with Crippen molar-refractivity contribution in [3.63, 3.8) is 0 Å². The standard InChI is InChI=1S/C28H20O2/c1-29-27-18-24(19-28(20-27)30-2)11-10-23-13-15-25-14-12-22(16-26(25)17-23)9-8-21-6-4-3-5-7-21/h3-7,12-20H,1-2H3. The summed E-state index contributed by atoms with van der Waals surface area (Å²) in [6, 6.07) is 28.1. The lowest BCUT2D eigenvalue weighted by molar-refractivity contribution is 0.394. The Bertz CT molecular complexity index is 1290. The minimum atomic E-state index is 0.721. The lowest BCUT2D eigenvalue weighted by Crippen LogP contribution is -1.88. The van der Waals surface area contributed by atoms with E-state index < -0.39 is 0 Å². The molecule has 0 saturated carbocycles. The van der Waals surface area contributed by atoms with Gasteiger partial charge in [-0.15, -0.1) is 0 Å². The van der Waals surface area contributed by atoms with Gasteiger partial charge in [-0.25, -0.2) is 0 Å². The van der Waals surface area contributed by atoms with Crippen LogP contribution in [0.3, 0.4) is 0 Å². The summed E-state index contributed by atoms with van der Waals surface area (Å²) in [6.45, 7) is 0. The Labute approximate surface area is 177 Å². The Morgan fingerprint density at radius 1 is 0.467 bits per heavy atom. The van der Waals surface area contributed by atoms with Crippen LogP contribution in [0.1, 0.15) is 22.3 Å². The fraction of sp³-hybridized carbons (Fsp3) is 0.0714. The summed E-state index contributed by atoms with van der Waals surface area (Å²) in [5.41, 5.74) is 3.77. The molecule has 0 aliphatic heterocycles. The van der Waals surface area contributed by atoms with Crippen LogP contribution >= 0.6 is 0 Å². The highest BCUT2D eigenvalue weighted by Crippen LogP contribution is 2.22. The molecule has 0 saturated heterocycles. The average molecular weight is 388 g/mol. The van der Waals surface area contributed by atoms with Crippen molar-refractivity contribution in [1.29, 1.82) is 0 Å². The maximum atomic E-state index is 5.31. The molecule has 0 aliphatic rings. The smallest absolute Gasteiger partial charge is 0.123 e. The van der Waals surface area contributed by atoms with Crippen molar-refractivity contribution in [2.75, 3.05) is 14.2 Å². The Hall–Kier alpha value is -4.14. The summed E-state index contributed by atoms with van der Waals surface area (Å²) in [6.07, 6.45) is 0. The highest BCUT2D eigenvalue weighted by Gasteiger charge is 2.00. The van der Waals surface area contributed by atoms with Crippen molar-refractivity contribution in [1.82, 2.24) is 0 Å². The summed E-state index contributed by atoms with van der Waals surface area (Å²) in [4.78, 5) is 0.